The molecule has 1 aliphatic heterocycles. The number of likely N-dealkylation sites (tertiary alicyclic amines) is 1. The third-order valence-electron chi connectivity index (χ3n) is 4.67. The summed E-state index contributed by atoms with van der Waals surface area (Å²) in [5.41, 5.74) is 0.779. The monoisotopic (exact) mass is 398 g/mol. The molecule has 0 radical (unpaired) electrons. The van der Waals surface area contributed by atoms with Crippen LogP contribution in [0.1, 0.15) is 25.0 Å². The molecule has 11 nitrogen and oxygen atoms in total. The highest BCUT2D eigenvalue weighted by Crippen LogP contribution is 2.33. The van der Waals surface area contributed by atoms with Crippen molar-refractivity contribution in [3.63, 3.8) is 0 Å². The topological polar surface area (TPSA) is 143 Å². The van der Waals surface area contributed by atoms with Crippen molar-refractivity contribution in [1.29, 1.82) is 0 Å². The first-order valence-electron chi connectivity index (χ1n) is 8.97. The SMILES string of the molecule is CC(=O)OCC(=O)N1CC[C@H](c2[nH]ncc2Oc2nc3cnccc3c(=O)[nH]2)C1. The Labute approximate surface area is 164 Å². The van der Waals surface area contributed by atoms with Crippen LogP contribution in [0.3, 0.4) is 0 Å². The van der Waals surface area contributed by atoms with Gasteiger partial charge in [-0.25, -0.2) is 0 Å². The van der Waals surface area contributed by atoms with Gasteiger partial charge in [0, 0.05) is 32.1 Å². The summed E-state index contributed by atoms with van der Waals surface area (Å²) in [5, 5.41) is 7.34. The number of ether oxygens (including phenoxy) is 2. The number of nitrogens with zero attached hydrogens (tertiary/aromatic N) is 4. The molecule has 3 aromatic heterocycles. The molecule has 1 aliphatic rings. The van der Waals surface area contributed by atoms with Gasteiger partial charge in [0.05, 0.1) is 29.0 Å². The smallest absolute Gasteiger partial charge is 0.303 e. The van der Waals surface area contributed by atoms with Crippen molar-refractivity contribution in [3.05, 3.63) is 40.7 Å². The van der Waals surface area contributed by atoms with Crippen LogP contribution in [-0.4, -0.2) is 61.6 Å². The molecule has 29 heavy (non-hydrogen) atoms. The van der Waals surface area contributed by atoms with Crippen LogP contribution >= 0.6 is 0 Å². The third-order valence-corrected chi connectivity index (χ3v) is 4.67. The summed E-state index contributed by atoms with van der Waals surface area (Å²) < 4.78 is 10.5. The highest BCUT2D eigenvalue weighted by Gasteiger charge is 2.31. The van der Waals surface area contributed by atoms with Gasteiger partial charge in [-0.2, -0.15) is 10.1 Å². The van der Waals surface area contributed by atoms with Gasteiger partial charge < -0.3 is 14.4 Å². The van der Waals surface area contributed by atoms with E-state index in [4.69, 9.17) is 9.47 Å². The molecule has 4 rings (SSSR count). The van der Waals surface area contributed by atoms with E-state index >= 15 is 0 Å². The van der Waals surface area contributed by atoms with Gasteiger partial charge >= 0.3 is 12.0 Å². The number of amides is 1. The summed E-state index contributed by atoms with van der Waals surface area (Å²) in [4.78, 5) is 47.7. The van der Waals surface area contributed by atoms with E-state index in [0.29, 0.717) is 41.9 Å². The number of aromatic nitrogens is 5. The van der Waals surface area contributed by atoms with E-state index in [1.807, 2.05) is 0 Å². The van der Waals surface area contributed by atoms with Crippen molar-refractivity contribution in [2.75, 3.05) is 19.7 Å². The molecule has 1 amide bonds. The van der Waals surface area contributed by atoms with Crippen molar-refractivity contribution in [2.45, 2.75) is 19.3 Å². The predicted octanol–water partition coefficient (Wildman–Crippen LogP) is 0.712. The number of carbonyl (C=O) groups is 2. The van der Waals surface area contributed by atoms with Crippen molar-refractivity contribution in [1.82, 2.24) is 30.0 Å². The normalized spacial score (nSPS) is 16.2. The molecule has 0 aromatic carbocycles. The molecule has 0 unspecified atom stereocenters. The molecule has 0 saturated carbocycles. The van der Waals surface area contributed by atoms with Crippen LogP contribution in [0.15, 0.2) is 29.5 Å². The van der Waals surface area contributed by atoms with Gasteiger partial charge in [0.15, 0.2) is 12.4 Å². The zero-order valence-corrected chi connectivity index (χ0v) is 15.5. The first-order chi connectivity index (χ1) is 14.0. The van der Waals surface area contributed by atoms with E-state index < -0.39 is 5.97 Å². The van der Waals surface area contributed by atoms with Crippen molar-refractivity contribution >= 4 is 22.8 Å². The summed E-state index contributed by atoms with van der Waals surface area (Å²) >= 11 is 0. The second-order valence-corrected chi connectivity index (χ2v) is 6.62. The molecule has 1 fully saturated rings. The fourth-order valence-corrected chi connectivity index (χ4v) is 3.26. The number of nitrogens with one attached hydrogen (secondary N) is 2. The summed E-state index contributed by atoms with van der Waals surface area (Å²) in [5.74, 6) is -0.374. The fourth-order valence-electron chi connectivity index (χ4n) is 3.26. The Bertz CT molecular complexity index is 1120. The Balaban J connectivity index is 1.49. The molecule has 3 aromatic rings. The highest BCUT2D eigenvalue weighted by atomic mass is 16.5. The molecule has 0 spiro atoms. The number of esters is 1. The molecular weight excluding hydrogens is 380 g/mol. The molecule has 11 heteroatoms. The number of hydrogen-bond acceptors (Lipinski definition) is 8. The maximum Gasteiger partial charge on any atom is 0.303 e. The number of aromatic amines is 2. The lowest BCUT2D eigenvalue weighted by molar-refractivity contribution is -0.149. The van der Waals surface area contributed by atoms with Gasteiger partial charge in [-0.3, -0.25) is 29.5 Å². The van der Waals surface area contributed by atoms with Crippen LogP contribution in [0, 0.1) is 0 Å². The highest BCUT2D eigenvalue weighted by molar-refractivity contribution is 5.80. The number of rotatable bonds is 5. The van der Waals surface area contributed by atoms with Crippen LogP contribution in [0.25, 0.3) is 10.9 Å². The van der Waals surface area contributed by atoms with E-state index in [2.05, 4.69) is 25.1 Å². The van der Waals surface area contributed by atoms with E-state index in [-0.39, 0.29) is 30.0 Å². The number of fused-ring (bicyclic) bond motifs is 1. The quantitative estimate of drug-likeness (QED) is 0.598. The molecule has 1 atom stereocenters. The number of hydrogen-bond donors (Lipinski definition) is 2. The second-order valence-electron chi connectivity index (χ2n) is 6.62. The summed E-state index contributed by atoms with van der Waals surface area (Å²) in [7, 11) is 0. The van der Waals surface area contributed by atoms with Crippen molar-refractivity contribution in [3.8, 4) is 11.8 Å². The largest absolute Gasteiger partial charge is 0.456 e. The van der Waals surface area contributed by atoms with Gasteiger partial charge in [-0.05, 0) is 12.5 Å². The Morgan fingerprint density at radius 2 is 2.21 bits per heavy atom. The predicted molar refractivity (Wildman–Crippen MR) is 99.4 cm³/mol. The summed E-state index contributed by atoms with van der Waals surface area (Å²) in [6.45, 7) is 1.95. The molecular formula is C18H18N6O5. The van der Waals surface area contributed by atoms with Gasteiger partial charge in [-0.1, -0.05) is 0 Å². The molecule has 0 aliphatic carbocycles. The van der Waals surface area contributed by atoms with Gasteiger partial charge in [0.25, 0.3) is 11.5 Å². The van der Waals surface area contributed by atoms with Crippen molar-refractivity contribution in [2.24, 2.45) is 0 Å². The van der Waals surface area contributed by atoms with Crippen LogP contribution in [0.5, 0.6) is 11.8 Å². The number of pyridine rings is 1. The zero-order valence-electron chi connectivity index (χ0n) is 15.5. The Hall–Kier alpha value is -3.76. The first-order valence-corrected chi connectivity index (χ1v) is 8.97. The van der Waals surface area contributed by atoms with Gasteiger partial charge in [-0.15, -0.1) is 0 Å². The van der Waals surface area contributed by atoms with Crippen LogP contribution in [-0.2, 0) is 14.3 Å². The van der Waals surface area contributed by atoms with Crippen LogP contribution in [0.4, 0.5) is 0 Å². The Morgan fingerprint density at radius 1 is 1.34 bits per heavy atom. The Morgan fingerprint density at radius 3 is 3.03 bits per heavy atom. The Kier molecular flexibility index (Phi) is 4.94. The standard InChI is InChI=1S/C18H18N6O5/c1-10(25)28-9-15(26)24-5-3-11(8-24)16-14(7-20-23-16)29-18-21-13-6-19-4-2-12(13)17(27)22-18/h2,4,6-7,11H,3,5,8-9H2,1H3,(H,20,23)(H,21,22,27)/t11-/m0/s1. The summed E-state index contributed by atoms with van der Waals surface area (Å²) in [6.07, 6.45) is 5.18. The maximum absolute atomic E-state index is 12.2. The molecule has 150 valence electrons. The maximum atomic E-state index is 12.2. The lowest BCUT2D eigenvalue weighted by Gasteiger charge is -2.16. The second kappa shape index (κ2) is 7.70. The minimum Gasteiger partial charge on any atom is -0.456 e. The van der Waals surface area contributed by atoms with E-state index in [0.717, 1.165) is 0 Å². The lowest BCUT2D eigenvalue weighted by Crippen LogP contribution is -2.32. The molecule has 0 bridgehead atoms. The number of H-pyrrole nitrogens is 2. The minimum absolute atomic E-state index is 0.0268. The van der Waals surface area contributed by atoms with E-state index in [9.17, 15) is 14.4 Å². The molecule has 2 N–H and O–H groups in total. The molecule has 1 saturated heterocycles. The average Bonchev–Trinajstić information content (AvgIpc) is 3.35. The van der Waals surface area contributed by atoms with E-state index in [1.165, 1.54) is 25.5 Å². The summed E-state index contributed by atoms with van der Waals surface area (Å²) in [6, 6.07) is 1.60. The lowest BCUT2D eigenvalue weighted by atomic mass is 10.0. The van der Waals surface area contributed by atoms with Crippen molar-refractivity contribution < 1.29 is 19.1 Å². The minimum atomic E-state index is -0.495. The zero-order chi connectivity index (χ0) is 20.4. The van der Waals surface area contributed by atoms with Crippen LogP contribution < -0.4 is 10.3 Å². The molecule has 4 heterocycles. The number of carbonyl (C=O) groups excluding carboxylic acids is 2. The first kappa shape index (κ1) is 18.6. The fraction of sp³-hybridized carbons (Fsp3) is 0.333. The van der Waals surface area contributed by atoms with Gasteiger partial charge in [0.1, 0.15) is 0 Å². The van der Waals surface area contributed by atoms with Crippen LogP contribution in [0.2, 0.25) is 0 Å². The average molecular weight is 398 g/mol. The third kappa shape index (κ3) is 3.93. The van der Waals surface area contributed by atoms with Gasteiger partial charge in [0.2, 0.25) is 0 Å². The van der Waals surface area contributed by atoms with E-state index in [1.54, 1.807) is 11.0 Å².